The Bertz CT molecular complexity index is 356. The summed E-state index contributed by atoms with van der Waals surface area (Å²) in [5, 5.41) is 0. The van der Waals surface area contributed by atoms with Crippen LogP contribution in [0.4, 0.5) is 0 Å². The summed E-state index contributed by atoms with van der Waals surface area (Å²) in [6.45, 7) is 14.1. The number of likely N-dealkylation sites (N-methyl/N-ethyl adjacent to an activating group) is 2. The van der Waals surface area contributed by atoms with Crippen molar-refractivity contribution in [3.05, 3.63) is 35.9 Å². The van der Waals surface area contributed by atoms with Crippen molar-refractivity contribution in [2.24, 2.45) is 0 Å². The number of hydrogen-bond acceptors (Lipinski definition) is 3. The third kappa shape index (κ3) is 8.82. The van der Waals surface area contributed by atoms with Crippen molar-refractivity contribution in [2.45, 2.75) is 39.4 Å². The van der Waals surface area contributed by atoms with Crippen LogP contribution < -0.4 is 0 Å². The van der Waals surface area contributed by atoms with Gasteiger partial charge in [-0.15, -0.1) is 0 Å². The summed E-state index contributed by atoms with van der Waals surface area (Å²) >= 11 is 2.05. The Morgan fingerprint density at radius 3 is 2.05 bits per heavy atom. The maximum Gasteiger partial charge on any atom is 0.0185 e. The second kappa shape index (κ2) is 13.0. The van der Waals surface area contributed by atoms with Gasteiger partial charge in [-0.25, -0.2) is 0 Å². The zero-order valence-electron chi connectivity index (χ0n) is 14.8. The Hall–Kier alpha value is -0.510. The van der Waals surface area contributed by atoms with Gasteiger partial charge in [0.25, 0.3) is 0 Å². The largest absolute Gasteiger partial charge is 0.302 e. The molecule has 1 aromatic rings. The quantitative estimate of drug-likeness (QED) is 0.498. The Balaban J connectivity index is 2.15. The smallest absolute Gasteiger partial charge is 0.0185 e. The van der Waals surface area contributed by atoms with Gasteiger partial charge in [-0.2, -0.15) is 11.8 Å². The molecule has 1 rings (SSSR count). The fourth-order valence-corrected chi connectivity index (χ4v) is 3.44. The molecule has 0 amide bonds. The topological polar surface area (TPSA) is 6.48 Å². The van der Waals surface area contributed by atoms with Gasteiger partial charge < -0.3 is 9.80 Å². The van der Waals surface area contributed by atoms with Crippen LogP contribution in [-0.4, -0.2) is 54.8 Å². The van der Waals surface area contributed by atoms with Crippen LogP contribution in [0.5, 0.6) is 0 Å². The molecule has 2 nitrogen and oxygen atoms in total. The van der Waals surface area contributed by atoms with Gasteiger partial charge in [-0.1, -0.05) is 57.5 Å². The molecule has 0 aliphatic heterocycles. The molecule has 0 aliphatic carbocycles. The van der Waals surface area contributed by atoms with Gasteiger partial charge >= 0.3 is 0 Å². The second-order valence-corrected chi connectivity index (χ2v) is 6.87. The van der Waals surface area contributed by atoms with Gasteiger partial charge in [0, 0.05) is 31.1 Å². The minimum absolute atomic E-state index is 1.13. The van der Waals surface area contributed by atoms with Crippen molar-refractivity contribution >= 4 is 11.8 Å². The molecule has 0 fully saturated rings. The zero-order chi connectivity index (χ0) is 16.0. The number of hydrogen-bond donors (Lipinski definition) is 0. The molecule has 0 saturated heterocycles. The monoisotopic (exact) mass is 322 g/mol. The molecule has 22 heavy (non-hydrogen) atoms. The van der Waals surface area contributed by atoms with E-state index < -0.39 is 0 Å². The summed E-state index contributed by atoms with van der Waals surface area (Å²) in [5.41, 5.74) is 1.44. The van der Waals surface area contributed by atoms with Crippen molar-refractivity contribution < 1.29 is 0 Å². The molecule has 0 atom stereocenters. The first-order chi connectivity index (χ1) is 10.8. The molecule has 0 bridgehead atoms. The van der Waals surface area contributed by atoms with E-state index in [9.17, 15) is 0 Å². The summed E-state index contributed by atoms with van der Waals surface area (Å²) in [5.74, 6) is 2.36. The fourth-order valence-electron chi connectivity index (χ4n) is 2.48. The van der Waals surface area contributed by atoms with Crippen molar-refractivity contribution in [2.75, 3.05) is 45.0 Å². The molecule has 126 valence electrons. The maximum absolute atomic E-state index is 2.59. The summed E-state index contributed by atoms with van der Waals surface area (Å²) in [7, 11) is 0. The number of rotatable bonds is 13. The molecule has 0 aliphatic rings. The van der Waals surface area contributed by atoms with Crippen LogP contribution in [0.1, 0.15) is 39.2 Å². The third-order valence-corrected chi connectivity index (χ3v) is 5.13. The van der Waals surface area contributed by atoms with E-state index in [-0.39, 0.29) is 0 Å². The van der Waals surface area contributed by atoms with Crippen LogP contribution in [0.2, 0.25) is 0 Å². The fraction of sp³-hybridized carbons (Fsp3) is 0.684. The van der Waals surface area contributed by atoms with Gasteiger partial charge in [0.1, 0.15) is 0 Å². The van der Waals surface area contributed by atoms with Gasteiger partial charge in [-0.05, 0) is 31.6 Å². The van der Waals surface area contributed by atoms with Crippen molar-refractivity contribution in [1.29, 1.82) is 0 Å². The average Bonchev–Trinajstić information content (AvgIpc) is 2.57. The number of unbranched alkanes of at least 4 members (excludes halogenated alkanes) is 1. The Morgan fingerprint density at radius 1 is 0.818 bits per heavy atom. The first-order valence-electron chi connectivity index (χ1n) is 8.86. The summed E-state index contributed by atoms with van der Waals surface area (Å²) in [4.78, 5) is 5.18. The third-order valence-electron chi connectivity index (χ3n) is 4.12. The van der Waals surface area contributed by atoms with E-state index in [0.717, 1.165) is 12.3 Å². The van der Waals surface area contributed by atoms with E-state index in [1.165, 1.54) is 56.9 Å². The molecule has 0 aromatic heterocycles. The highest BCUT2D eigenvalue weighted by Gasteiger charge is 2.06. The van der Waals surface area contributed by atoms with E-state index in [4.69, 9.17) is 0 Å². The van der Waals surface area contributed by atoms with Crippen molar-refractivity contribution in [3.8, 4) is 0 Å². The van der Waals surface area contributed by atoms with E-state index >= 15 is 0 Å². The Labute approximate surface area is 142 Å². The highest BCUT2D eigenvalue weighted by atomic mass is 32.2. The van der Waals surface area contributed by atoms with Crippen molar-refractivity contribution in [1.82, 2.24) is 9.80 Å². The summed E-state index contributed by atoms with van der Waals surface area (Å²) in [6.07, 6.45) is 2.62. The predicted octanol–water partition coefficient (Wildman–Crippen LogP) is 4.36. The van der Waals surface area contributed by atoms with Crippen LogP contribution in [0.3, 0.4) is 0 Å². The lowest BCUT2D eigenvalue weighted by molar-refractivity contribution is 0.219. The normalized spacial score (nSPS) is 11.5. The molecule has 0 radical (unpaired) electrons. The number of nitrogens with zero attached hydrogens (tertiary/aromatic N) is 2. The van der Waals surface area contributed by atoms with Gasteiger partial charge in [0.2, 0.25) is 0 Å². The first-order valence-corrected chi connectivity index (χ1v) is 10.0. The minimum atomic E-state index is 1.13. The molecular weight excluding hydrogens is 288 g/mol. The Kier molecular flexibility index (Phi) is 11.5. The number of thioether (sulfide) groups is 1. The Morgan fingerprint density at radius 2 is 1.45 bits per heavy atom. The van der Waals surface area contributed by atoms with Gasteiger partial charge in [-0.3, -0.25) is 0 Å². The predicted molar refractivity (Wildman–Crippen MR) is 102 cm³/mol. The molecule has 1 aromatic carbocycles. The molecule has 0 unspecified atom stereocenters. The van der Waals surface area contributed by atoms with Crippen LogP contribution in [0.25, 0.3) is 0 Å². The first kappa shape index (κ1) is 19.5. The molecule has 0 saturated carbocycles. The van der Waals surface area contributed by atoms with Gasteiger partial charge in [0.05, 0.1) is 0 Å². The highest BCUT2D eigenvalue weighted by Crippen LogP contribution is 2.11. The summed E-state index contributed by atoms with van der Waals surface area (Å²) in [6, 6.07) is 10.8. The van der Waals surface area contributed by atoms with E-state index in [0.29, 0.717) is 0 Å². The lowest BCUT2D eigenvalue weighted by atomic mass is 10.2. The van der Waals surface area contributed by atoms with E-state index in [2.05, 4.69) is 60.9 Å². The highest BCUT2D eigenvalue weighted by molar-refractivity contribution is 7.98. The zero-order valence-corrected chi connectivity index (χ0v) is 15.6. The van der Waals surface area contributed by atoms with Crippen molar-refractivity contribution in [3.63, 3.8) is 0 Å². The van der Waals surface area contributed by atoms with Gasteiger partial charge in [0.15, 0.2) is 0 Å². The average molecular weight is 323 g/mol. The van der Waals surface area contributed by atoms with Crippen LogP contribution >= 0.6 is 11.8 Å². The maximum atomic E-state index is 2.59. The van der Waals surface area contributed by atoms with E-state index in [1.807, 2.05) is 11.8 Å². The molecule has 3 heteroatoms. The summed E-state index contributed by atoms with van der Waals surface area (Å²) < 4.78 is 0. The second-order valence-electron chi connectivity index (χ2n) is 5.76. The van der Waals surface area contributed by atoms with Crippen LogP contribution in [0.15, 0.2) is 30.3 Å². The lowest BCUT2D eigenvalue weighted by Gasteiger charge is -2.26. The SMILES string of the molecule is CCCCN(CC)CCN(CC)CCSCc1ccccc1. The number of benzene rings is 1. The van der Waals surface area contributed by atoms with E-state index in [1.54, 1.807) is 0 Å². The molecule has 0 heterocycles. The molecular formula is C19H34N2S. The lowest BCUT2D eigenvalue weighted by Crippen LogP contribution is -2.36. The molecule has 0 N–H and O–H groups in total. The minimum Gasteiger partial charge on any atom is -0.302 e. The standard InChI is InChI=1S/C19H34N2S/c1-4-7-13-20(5-2)14-15-21(6-3)16-17-22-18-19-11-9-8-10-12-19/h8-12H,4-7,13-18H2,1-3H3. The van der Waals surface area contributed by atoms with Crippen LogP contribution in [0, 0.1) is 0 Å². The van der Waals surface area contributed by atoms with Crippen LogP contribution in [-0.2, 0) is 5.75 Å². The molecule has 0 spiro atoms.